The van der Waals surface area contributed by atoms with Crippen molar-refractivity contribution in [2.24, 2.45) is 0 Å². The van der Waals surface area contributed by atoms with E-state index in [4.69, 9.17) is 4.74 Å². The van der Waals surface area contributed by atoms with Crippen LogP contribution in [-0.2, 0) is 15.9 Å². The smallest absolute Gasteiger partial charge is 0.123 e. The van der Waals surface area contributed by atoms with Crippen LogP contribution in [0.1, 0.15) is 35.1 Å². The Bertz CT molecular complexity index is 1190. The fraction of sp³-hybridized carbons (Fsp3) is 0.188. The molecular formula is C32H29IO2. The van der Waals surface area contributed by atoms with Gasteiger partial charge in [-0.1, -0.05) is 150 Å². The minimum atomic E-state index is -1.24. The van der Waals surface area contributed by atoms with Gasteiger partial charge in [0, 0.05) is 17.3 Å². The fourth-order valence-corrected chi connectivity index (χ4v) is 6.31. The molecule has 0 aliphatic carbocycles. The predicted molar refractivity (Wildman–Crippen MR) is 151 cm³/mol. The minimum Gasteiger partial charge on any atom is -0.380 e. The molecule has 3 heteroatoms. The summed E-state index contributed by atoms with van der Waals surface area (Å²) < 4.78 is 7.92. The molecular weight excluding hydrogens is 543 g/mol. The molecule has 4 aromatic rings. The van der Waals surface area contributed by atoms with Gasteiger partial charge >= 0.3 is 0 Å². The van der Waals surface area contributed by atoms with Crippen LogP contribution in [0.25, 0.3) is 0 Å². The Labute approximate surface area is 221 Å². The van der Waals surface area contributed by atoms with Crippen LogP contribution in [0.2, 0.25) is 0 Å². The molecule has 1 saturated heterocycles. The Hall–Kier alpha value is -2.73. The Morgan fingerprint density at radius 3 is 1.51 bits per heavy atom. The van der Waals surface area contributed by atoms with E-state index in [2.05, 4.69) is 77.7 Å². The van der Waals surface area contributed by atoms with E-state index in [0.717, 1.165) is 27.8 Å². The van der Waals surface area contributed by atoms with Crippen LogP contribution in [0.5, 0.6) is 0 Å². The van der Waals surface area contributed by atoms with Crippen molar-refractivity contribution in [2.45, 2.75) is 29.6 Å². The number of ether oxygens (including phenoxy) is 1. The summed E-state index contributed by atoms with van der Waals surface area (Å²) in [6.45, 7) is 4.56. The highest BCUT2D eigenvalue weighted by molar-refractivity contribution is 14.1. The second kappa shape index (κ2) is 9.73. The number of alkyl halides is 1. The van der Waals surface area contributed by atoms with E-state index in [1.54, 1.807) is 0 Å². The van der Waals surface area contributed by atoms with Crippen molar-refractivity contribution in [1.82, 2.24) is 0 Å². The summed E-state index contributed by atoms with van der Waals surface area (Å²) >= 11 is 2.39. The van der Waals surface area contributed by atoms with Gasteiger partial charge < -0.3 is 9.84 Å². The Balaban J connectivity index is 1.65. The van der Waals surface area contributed by atoms with E-state index in [9.17, 15) is 5.11 Å². The van der Waals surface area contributed by atoms with Crippen molar-refractivity contribution in [3.63, 3.8) is 0 Å². The van der Waals surface area contributed by atoms with Crippen LogP contribution in [-0.4, -0.2) is 15.1 Å². The minimum absolute atomic E-state index is 0.372. The summed E-state index contributed by atoms with van der Waals surface area (Å²) in [6.07, 6.45) is 1.03. The molecule has 0 amide bonds. The molecule has 176 valence electrons. The first-order valence-corrected chi connectivity index (χ1v) is 13.4. The van der Waals surface area contributed by atoms with E-state index in [0.29, 0.717) is 17.3 Å². The Kier molecular flexibility index (Phi) is 6.67. The van der Waals surface area contributed by atoms with Crippen LogP contribution < -0.4 is 0 Å². The van der Waals surface area contributed by atoms with Crippen LogP contribution in [0, 0.1) is 0 Å². The number of rotatable bonds is 7. The van der Waals surface area contributed by atoms with Gasteiger partial charge in [-0.3, -0.25) is 0 Å². The summed E-state index contributed by atoms with van der Waals surface area (Å²) in [7, 11) is 0. The van der Waals surface area contributed by atoms with E-state index in [-0.39, 0.29) is 0 Å². The highest BCUT2D eigenvalue weighted by atomic mass is 127. The zero-order valence-corrected chi connectivity index (χ0v) is 21.8. The molecule has 1 aliphatic rings. The molecule has 1 fully saturated rings. The first-order valence-electron chi connectivity index (χ1n) is 11.9. The van der Waals surface area contributed by atoms with Gasteiger partial charge in [0.15, 0.2) is 0 Å². The SMILES string of the molecule is C=C1CC(c2ccccc2)(c2ccccc2)OC1(CI)CC(O)(c1ccccc1)c1ccccc1. The van der Waals surface area contributed by atoms with Gasteiger partial charge in [0.25, 0.3) is 0 Å². The van der Waals surface area contributed by atoms with Gasteiger partial charge in [0.2, 0.25) is 0 Å². The van der Waals surface area contributed by atoms with E-state index >= 15 is 0 Å². The fourth-order valence-electron chi connectivity index (χ4n) is 5.35. The second-order valence-electron chi connectivity index (χ2n) is 9.34. The average molecular weight is 572 g/mol. The normalized spacial score (nSPS) is 19.5. The maximum absolute atomic E-state index is 12.4. The van der Waals surface area contributed by atoms with Crippen LogP contribution in [0.3, 0.4) is 0 Å². The molecule has 4 aromatic carbocycles. The molecule has 0 saturated carbocycles. The number of hydrogen-bond donors (Lipinski definition) is 1. The van der Waals surface area contributed by atoms with E-state index < -0.39 is 16.8 Å². The van der Waals surface area contributed by atoms with E-state index in [1.165, 1.54) is 0 Å². The Morgan fingerprint density at radius 1 is 0.714 bits per heavy atom. The molecule has 2 nitrogen and oxygen atoms in total. The van der Waals surface area contributed by atoms with E-state index in [1.807, 2.05) is 72.8 Å². The second-order valence-corrected chi connectivity index (χ2v) is 10.1. The number of benzene rings is 4. The third kappa shape index (κ3) is 4.26. The zero-order valence-electron chi connectivity index (χ0n) is 19.6. The molecule has 35 heavy (non-hydrogen) atoms. The maximum Gasteiger partial charge on any atom is 0.123 e. The predicted octanol–water partition coefficient (Wildman–Crippen LogP) is 7.41. The molecule has 1 aliphatic heterocycles. The van der Waals surface area contributed by atoms with Gasteiger partial charge in [-0.2, -0.15) is 0 Å². The van der Waals surface area contributed by atoms with Gasteiger partial charge in [-0.05, 0) is 27.8 Å². The standard InChI is InChI=1S/C32H29IO2/c1-25-22-32(28-18-10-4-11-19-28,29-20-12-5-13-21-29)35-30(25,24-33)23-31(34,26-14-6-2-7-15-26)27-16-8-3-9-17-27/h2-21,34H,1,22-24H2. The summed E-state index contributed by atoms with van der Waals surface area (Å²) in [5, 5.41) is 12.4. The van der Waals surface area contributed by atoms with Crippen molar-refractivity contribution in [3.8, 4) is 0 Å². The molecule has 1 atom stereocenters. The number of hydrogen-bond acceptors (Lipinski definition) is 2. The van der Waals surface area contributed by atoms with Crippen LogP contribution in [0.15, 0.2) is 133 Å². The topological polar surface area (TPSA) is 29.5 Å². The van der Waals surface area contributed by atoms with Gasteiger partial charge in [0.05, 0.1) is 0 Å². The summed E-state index contributed by atoms with van der Waals surface area (Å²) in [5.74, 6) is 0. The summed E-state index contributed by atoms with van der Waals surface area (Å²) in [4.78, 5) is 0. The monoisotopic (exact) mass is 572 g/mol. The lowest BCUT2D eigenvalue weighted by Gasteiger charge is -2.41. The third-order valence-electron chi connectivity index (χ3n) is 7.22. The molecule has 0 radical (unpaired) electrons. The van der Waals surface area contributed by atoms with Crippen molar-refractivity contribution in [3.05, 3.63) is 156 Å². The first kappa shape index (κ1) is 24.0. The lowest BCUT2D eigenvalue weighted by molar-refractivity contribution is -0.0987. The van der Waals surface area contributed by atoms with Crippen molar-refractivity contribution in [1.29, 1.82) is 0 Å². The van der Waals surface area contributed by atoms with Crippen molar-refractivity contribution in [2.75, 3.05) is 4.43 Å². The van der Waals surface area contributed by atoms with Crippen LogP contribution >= 0.6 is 22.6 Å². The maximum atomic E-state index is 12.4. The third-order valence-corrected chi connectivity index (χ3v) is 8.45. The lowest BCUT2D eigenvalue weighted by Crippen LogP contribution is -2.44. The largest absolute Gasteiger partial charge is 0.380 e. The Morgan fingerprint density at radius 2 is 1.11 bits per heavy atom. The van der Waals surface area contributed by atoms with Crippen molar-refractivity contribution >= 4 is 22.6 Å². The van der Waals surface area contributed by atoms with Gasteiger partial charge in [0.1, 0.15) is 16.8 Å². The quantitative estimate of drug-likeness (QED) is 0.142. The molecule has 5 rings (SSSR count). The van der Waals surface area contributed by atoms with Gasteiger partial charge in [-0.25, -0.2) is 0 Å². The molecule has 0 aromatic heterocycles. The molecule has 1 heterocycles. The van der Waals surface area contributed by atoms with Crippen LogP contribution in [0.4, 0.5) is 0 Å². The molecule has 0 bridgehead atoms. The van der Waals surface area contributed by atoms with Crippen molar-refractivity contribution < 1.29 is 9.84 Å². The number of halogens is 1. The molecule has 1 unspecified atom stereocenters. The summed E-state index contributed by atoms with van der Waals surface area (Å²) in [6, 6.07) is 40.6. The number of aliphatic hydroxyl groups is 1. The molecule has 1 N–H and O–H groups in total. The highest BCUT2D eigenvalue weighted by Gasteiger charge is 2.56. The first-order chi connectivity index (χ1) is 17.0. The average Bonchev–Trinajstić information content (AvgIpc) is 3.23. The highest BCUT2D eigenvalue weighted by Crippen LogP contribution is 2.55. The van der Waals surface area contributed by atoms with Gasteiger partial charge in [-0.15, -0.1) is 0 Å². The molecule has 0 spiro atoms. The lowest BCUT2D eigenvalue weighted by atomic mass is 9.75. The zero-order chi connectivity index (χ0) is 24.4. The summed E-state index contributed by atoms with van der Waals surface area (Å²) in [5.41, 5.74) is 2.27.